The van der Waals surface area contributed by atoms with E-state index in [1.165, 1.54) is 0 Å². The van der Waals surface area contributed by atoms with Crippen LogP contribution in [0.1, 0.15) is 40.0 Å². The minimum absolute atomic E-state index is 0.0645. The van der Waals surface area contributed by atoms with Crippen molar-refractivity contribution in [2.24, 2.45) is 5.41 Å². The molecule has 0 saturated carbocycles. The van der Waals surface area contributed by atoms with Crippen molar-refractivity contribution in [2.75, 3.05) is 13.2 Å². The lowest BCUT2D eigenvalue weighted by Gasteiger charge is -2.36. The predicted molar refractivity (Wildman–Crippen MR) is 49.0 cm³/mol. The van der Waals surface area contributed by atoms with Crippen molar-refractivity contribution in [1.82, 2.24) is 0 Å². The van der Waals surface area contributed by atoms with Crippen LogP contribution in [0.4, 0.5) is 0 Å². The van der Waals surface area contributed by atoms with Crippen molar-refractivity contribution >= 4 is 0 Å². The molecule has 0 unspecified atom stereocenters. The van der Waals surface area contributed by atoms with Gasteiger partial charge in [0.1, 0.15) is 0 Å². The molecule has 1 saturated heterocycles. The fourth-order valence-electron chi connectivity index (χ4n) is 1.28. The zero-order valence-corrected chi connectivity index (χ0v) is 8.43. The fourth-order valence-corrected chi connectivity index (χ4v) is 1.28. The summed E-state index contributed by atoms with van der Waals surface area (Å²) >= 11 is 0. The predicted octanol–water partition coefficient (Wildman–Crippen LogP) is 2.58. The molecule has 0 spiro atoms. The van der Waals surface area contributed by atoms with Crippen molar-refractivity contribution in [1.29, 1.82) is 0 Å². The molecule has 0 N–H and O–H groups in total. The van der Waals surface area contributed by atoms with E-state index < -0.39 is 0 Å². The molecule has 72 valence electrons. The average Bonchev–Trinajstić information content (AvgIpc) is 2.10. The third kappa shape index (κ3) is 2.46. The van der Waals surface area contributed by atoms with Gasteiger partial charge < -0.3 is 9.47 Å². The zero-order valence-electron chi connectivity index (χ0n) is 8.43. The highest BCUT2D eigenvalue weighted by molar-refractivity contribution is 4.74. The van der Waals surface area contributed by atoms with Gasteiger partial charge in [-0.05, 0) is 12.8 Å². The van der Waals surface area contributed by atoms with Crippen molar-refractivity contribution < 1.29 is 9.47 Å². The maximum atomic E-state index is 5.60. The van der Waals surface area contributed by atoms with Crippen LogP contribution in [-0.2, 0) is 9.47 Å². The van der Waals surface area contributed by atoms with Gasteiger partial charge in [-0.1, -0.05) is 27.2 Å². The summed E-state index contributed by atoms with van der Waals surface area (Å²) in [5.41, 5.74) is 0.254. The van der Waals surface area contributed by atoms with E-state index in [4.69, 9.17) is 9.47 Å². The van der Waals surface area contributed by atoms with Gasteiger partial charge in [0, 0.05) is 5.41 Å². The molecule has 1 fully saturated rings. The molecule has 0 aromatic carbocycles. The quantitative estimate of drug-likeness (QED) is 0.651. The minimum Gasteiger partial charge on any atom is -0.352 e. The molecule has 0 radical (unpaired) electrons. The number of hydrogen-bond donors (Lipinski definition) is 0. The van der Waals surface area contributed by atoms with E-state index in [0.717, 1.165) is 32.5 Å². The maximum Gasteiger partial charge on any atom is 0.157 e. The summed E-state index contributed by atoms with van der Waals surface area (Å²) in [5, 5.41) is 0. The molecular formula is C10H20O2. The van der Waals surface area contributed by atoms with Gasteiger partial charge in [-0.15, -0.1) is 0 Å². The average molecular weight is 172 g/mol. The molecule has 12 heavy (non-hydrogen) atoms. The van der Waals surface area contributed by atoms with E-state index in [9.17, 15) is 0 Å². The second-order valence-electron chi connectivity index (χ2n) is 4.00. The van der Waals surface area contributed by atoms with Crippen molar-refractivity contribution in [2.45, 2.75) is 46.3 Å². The fraction of sp³-hybridized carbons (Fsp3) is 1.00. The Labute approximate surface area is 75.2 Å². The summed E-state index contributed by atoms with van der Waals surface area (Å²) < 4.78 is 11.2. The summed E-state index contributed by atoms with van der Waals surface area (Å²) in [6.45, 7) is 8.27. The first-order valence-electron chi connectivity index (χ1n) is 4.93. The SMILES string of the molecule is CCCC1OCC(C)(CC)CO1. The largest absolute Gasteiger partial charge is 0.352 e. The first-order chi connectivity index (χ1) is 5.70. The van der Waals surface area contributed by atoms with E-state index >= 15 is 0 Å². The van der Waals surface area contributed by atoms with Crippen LogP contribution in [0.25, 0.3) is 0 Å². The summed E-state index contributed by atoms with van der Waals surface area (Å²) in [6.07, 6.45) is 3.36. The second kappa shape index (κ2) is 4.24. The Bertz CT molecular complexity index is 126. The lowest BCUT2D eigenvalue weighted by Crippen LogP contribution is -2.39. The lowest BCUT2D eigenvalue weighted by molar-refractivity contribution is -0.228. The number of ether oxygens (including phenoxy) is 2. The van der Waals surface area contributed by atoms with E-state index in [0.29, 0.717) is 0 Å². The topological polar surface area (TPSA) is 18.5 Å². The van der Waals surface area contributed by atoms with Gasteiger partial charge >= 0.3 is 0 Å². The molecule has 1 heterocycles. The van der Waals surface area contributed by atoms with Gasteiger partial charge in [-0.25, -0.2) is 0 Å². The van der Waals surface area contributed by atoms with Crippen LogP contribution in [0.2, 0.25) is 0 Å². The van der Waals surface area contributed by atoms with E-state index in [-0.39, 0.29) is 11.7 Å². The number of rotatable bonds is 3. The molecule has 1 rings (SSSR count). The smallest absolute Gasteiger partial charge is 0.157 e. The summed E-state index contributed by atoms with van der Waals surface area (Å²) in [7, 11) is 0. The normalized spacial score (nSPS) is 36.8. The van der Waals surface area contributed by atoms with Gasteiger partial charge in [0.2, 0.25) is 0 Å². The van der Waals surface area contributed by atoms with Crippen molar-refractivity contribution in [3.8, 4) is 0 Å². The van der Waals surface area contributed by atoms with Gasteiger partial charge in [0.25, 0.3) is 0 Å². The van der Waals surface area contributed by atoms with E-state index in [1.54, 1.807) is 0 Å². The Morgan fingerprint density at radius 2 is 1.83 bits per heavy atom. The number of hydrogen-bond acceptors (Lipinski definition) is 2. The van der Waals surface area contributed by atoms with Crippen LogP contribution >= 0.6 is 0 Å². The van der Waals surface area contributed by atoms with Crippen molar-refractivity contribution in [3.63, 3.8) is 0 Å². The monoisotopic (exact) mass is 172 g/mol. The molecule has 0 amide bonds. The summed E-state index contributed by atoms with van der Waals surface area (Å²) in [6, 6.07) is 0. The first-order valence-corrected chi connectivity index (χ1v) is 4.93. The van der Waals surface area contributed by atoms with Gasteiger partial charge in [-0.3, -0.25) is 0 Å². The Balaban J connectivity index is 2.29. The minimum atomic E-state index is 0.0645. The molecule has 2 nitrogen and oxygen atoms in total. The third-order valence-corrected chi connectivity index (χ3v) is 2.61. The summed E-state index contributed by atoms with van der Waals surface area (Å²) in [4.78, 5) is 0. The van der Waals surface area contributed by atoms with Crippen LogP contribution in [-0.4, -0.2) is 19.5 Å². The molecule has 0 aliphatic carbocycles. The maximum absolute atomic E-state index is 5.60. The standard InChI is InChI=1S/C10H20O2/c1-4-6-9-11-7-10(3,5-2)8-12-9/h9H,4-8H2,1-3H3. The Morgan fingerprint density at radius 3 is 2.25 bits per heavy atom. The molecule has 2 heteroatoms. The molecule has 0 atom stereocenters. The van der Waals surface area contributed by atoms with Crippen LogP contribution in [0.3, 0.4) is 0 Å². The van der Waals surface area contributed by atoms with Gasteiger partial charge in [0.05, 0.1) is 13.2 Å². The van der Waals surface area contributed by atoms with Crippen LogP contribution in [0, 0.1) is 5.41 Å². The molecule has 0 bridgehead atoms. The molecule has 0 aromatic rings. The highest BCUT2D eigenvalue weighted by Crippen LogP contribution is 2.28. The summed E-state index contributed by atoms with van der Waals surface area (Å²) in [5.74, 6) is 0. The Hall–Kier alpha value is -0.0800. The highest BCUT2D eigenvalue weighted by atomic mass is 16.7. The molecule has 0 aromatic heterocycles. The lowest BCUT2D eigenvalue weighted by atomic mass is 9.89. The van der Waals surface area contributed by atoms with Gasteiger partial charge in [0.15, 0.2) is 6.29 Å². The molecular weight excluding hydrogens is 152 g/mol. The Kier molecular flexibility index (Phi) is 3.53. The van der Waals surface area contributed by atoms with Crippen LogP contribution < -0.4 is 0 Å². The third-order valence-electron chi connectivity index (χ3n) is 2.61. The van der Waals surface area contributed by atoms with Crippen LogP contribution in [0.15, 0.2) is 0 Å². The Morgan fingerprint density at radius 1 is 1.25 bits per heavy atom. The highest BCUT2D eigenvalue weighted by Gasteiger charge is 2.30. The zero-order chi connectivity index (χ0) is 9.03. The second-order valence-corrected chi connectivity index (χ2v) is 4.00. The van der Waals surface area contributed by atoms with Crippen molar-refractivity contribution in [3.05, 3.63) is 0 Å². The molecule has 1 aliphatic heterocycles. The van der Waals surface area contributed by atoms with Gasteiger partial charge in [-0.2, -0.15) is 0 Å². The van der Waals surface area contributed by atoms with E-state index in [1.807, 2.05) is 0 Å². The van der Waals surface area contributed by atoms with Crippen LogP contribution in [0.5, 0.6) is 0 Å². The molecule has 1 aliphatic rings. The van der Waals surface area contributed by atoms with E-state index in [2.05, 4.69) is 20.8 Å². The first kappa shape index (κ1) is 10.0.